The van der Waals surface area contributed by atoms with Gasteiger partial charge >= 0.3 is 5.97 Å². The third-order valence-corrected chi connectivity index (χ3v) is 2.32. The van der Waals surface area contributed by atoms with Crippen LogP contribution < -0.4 is 10.6 Å². The third kappa shape index (κ3) is 3.44. The number of carbonyl (C=O) groups is 2. The fraction of sp³-hybridized carbons (Fsp3) is 0.417. The molecule has 0 bridgehead atoms. The van der Waals surface area contributed by atoms with E-state index in [0.29, 0.717) is 12.2 Å². The number of hydrogen-bond donors (Lipinski definition) is 3. The van der Waals surface area contributed by atoms with Crippen LogP contribution in [0.5, 0.6) is 0 Å². The summed E-state index contributed by atoms with van der Waals surface area (Å²) in [4.78, 5) is 26.5. The standard InChI is InChI=1S/C12H17N3O3/c1-4-13-10(16)9-7-8(5-6-14-9)15-12(2,3)11(17)18/h5-7H,4H2,1-3H3,(H,13,16)(H,14,15)(H,17,18). The van der Waals surface area contributed by atoms with Gasteiger partial charge in [0.1, 0.15) is 11.2 Å². The summed E-state index contributed by atoms with van der Waals surface area (Å²) in [7, 11) is 0. The van der Waals surface area contributed by atoms with Crippen LogP contribution in [0.25, 0.3) is 0 Å². The summed E-state index contributed by atoms with van der Waals surface area (Å²) in [5, 5.41) is 14.5. The number of carboxylic acids is 1. The minimum absolute atomic E-state index is 0.253. The van der Waals surface area contributed by atoms with E-state index in [4.69, 9.17) is 5.11 Å². The predicted molar refractivity (Wildman–Crippen MR) is 67.6 cm³/mol. The van der Waals surface area contributed by atoms with Crippen LogP contribution >= 0.6 is 0 Å². The van der Waals surface area contributed by atoms with Gasteiger partial charge in [0.2, 0.25) is 0 Å². The van der Waals surface area contributed by atoms with Gasteiger partial charge in [-0.15, -0.1) is 0 Å². The Kier molecular flexibility index (Phi) is 4.25. The SMILES string of the molecule is CCNC(=O)c1cc(NC(C)(C)C(=O)O)ccn1. The molecule has 0 aliphatic rings. The molecular weight excluding hydrogens is 234 g/mol. The second-order valence-corrected chi connectivity index (χ2v) is 4.34. The highest BCUT2D eigenvalue weighted by Gasteiger charge is 2.26. The molecule has 1 aromatic heterocycles. The lowest BCUT2D eigenvalue weighted by Gasteiger charge is -2.22. The highest BCUT2D eigenvalue weighted by atomic mass is 16.4. The fourth-order valence-electron chi connectivity index (χ4n) is 1.30. The van der Waals surface area contributed by atoms with Crippen molar-refractivity contribution in [1.82, 2.24) is 10.3 Å². The van der Waals surface area contributed by atoms with E-state index < -0.39 is 11.5 Å². The zero-order valence-electron chi connectivity index (χ0n) is 10.7. The Labute approximate surface area is 105 Å². The largest absolute Gasteiger partial charge is 0.480 e. The molecule has 3 N–H and O–H groups in total. The van der Waals surface area contributed by atoms with Gasteiger partial charge in [0.25, 0.3) is 5.91 Å². The number of amides is 1. The molecule has 1 rings (SSSR count). The first-order valence-electron chi connectivity index (χ1n) is 5.62. The average molecular weight is 251 g/mol. The Hall–Kier alpha value is -2.11. The van der Waals surface area contributed by atoms with Gasteiger partial charge < -0.3 is 15.7 Å². The van der Waals surface area contributed by atoms with Crippen LogP contribution in [-0.4, -0.2) is 34.1 Å². The molecule has 0 unspecified atom stereocenters. The van der Waals surface area contributed by atoms with Gasteiger partial charge in [0, 0.05) is 18.4 Å². The average Bonchev–Trinajstić information content (AvgIpc) is 2.29. The molecule has 0 aliphatic heterocycles. The van der Waals surface area contributed by atoms with Crippen LogP contribution in [0.4, 0.5) is 5.69 Å². The summed E-state index contributed by atoms with van der Waals surface area (Å²) in [5.41, 5.74) is -0.318. The number of aromatic nitrogens is 1. The lowest BCUT2D eigenvalue weighted by molar-refractivity contribution is -0.141. The molecule has 0 saturated heterocycles. The number of aliphatic carboxylic acids is 1. The number of hydrogen-bond acceptors (Lipinski definition) is 4. The topological polar surface area (TPSA) is 91.3 Å². The van der Waals surface area contributed by atoms with Gasteiger partial charge in [-0.2, -0.15) is 0 Å². The third-order valence-electron chi connectivity index (χ3n) is 2.32. The van der Waals surface area contributed by atoms with Gasteiger partial charge in [-0.3, -0.25) is 9.78 Å². The molecule has 0 saturated carbocycles. The molecule has 0 fully saturated rings. The first kappa shape index (κ1) is 14.0. The first-order valence-corrected chi connectivity index (χ1v) is 5.62. The Morgan fingerprint density at radius 2 is 2.11 bits per heavy atom. The molecule has 0 aliphatic carbocycles. The lowest BCUT2D eigenvalue weighted by Crippen LogP contribution is -2.40. The highest BCUT2D eigenvalue weighted by Crippen LogP contribution is 2.15. The van der Waals surface area contributed by atoms with Crippen LogP contribution in [0.2, 0.25) is 0 Å². The number of carboxylic acid groups (broad SMARTS) is 1. The smallest absolute Gasteiger partial charge is 0.328 e. The number of nitrogens with zero attached hydrogens (tertiary/aromatic N) is 1. The van der Waals surface area contributed by atoms with Gasteiger partial charge in [0.15, 0.2) is 0 Å². The van der Waals surface area contributed by atoms with Crippen LogP contribution in [0, 0.1) is 0 Å². The van der Waals surface area contributed by atoms with Crippen molar-refractivity contribution >= 4 is 17.6 Å². The van der Waals surface area contributed by atoms with Crippen LogP contribution in [-0.2, 0) is 4.79 Å². The van der Waals surface area contributed by atoms with Crippen molar-refractivity contribution in [2.24, 2.45) is 0 Å². The molecular formula is C12H17N3O3. The van der Waals surface area contributed by atoms with Gasteiger partial charge in [-0.25, -0.2) is 4.79 Å². The number of rotatable bonds is 5. The molecule has 1 amide bonds. The maximum Gasteiger partial charge on any atom is 0.328 e. The molecule has 6 heteroatoms. The van der Waals surface area contributed by atoms with Gasteiger partial charge in [-0.1, -0.05) is 0 Å². The Morgan fingerprint density at radius 1 is 1.44 bits per heavy atom. The van der Waals surface area contributed by atoms with Gasteiger partial charge in [0.05, 0.1) is 0 Å². The molecule has 1 heterocycles. The Balaban J connectivity index is 2.89. The van der Waals surface area contributed by atoms with Crippen molar-refractivity contribution in [2.75, 3.05) is 11.9 Å². The number of pyridine rings is 1. The molecule has 0 radical (unpaired) electrons. The second kappa shape index (κ2) is 5.48. The summed E-state index contributed by atoms with van der Waals surface area (Å²) in [6.07, 6.45) is 1.46. The second-order valence-electron chi connectivity index (χ2n) is 4.34. The molecule has 18 heavy (non-hydrogen) atoms. The molecule has 98 valence electrons. The summed E-state index contributed by atoms with van der Waals surface area (Å²) in [5.74, 6) is -1.26. The summed E-state index contributed by atoms with van der Waals surface area (Å²) >= 11 is 0. The number of anilines is 1. The van der Waals surface area contributed by atoms with E-state index in [1.54, 1.807) is 19.9 Å². The maximum absolute atomic E-state index is 11.6. The summed E-state index contributed by atoms with van der Waals surface area (Å²) in [6.45, 7) is 5.41. The van der Waals surface area contributed by atoms with E-state index in [2.05, 4.69) is 15.6 Å². The maximum atomic E-state index is 11.6. The quantitative estimate of drug-likeness (QED) is 0.729. The summed E-state index contributed by atoms with van der Waals surface area (Å²) in [6, 6.07) is 3.14. The first-order chi connectivity index (χ1) is 8.36. The minimum atomic E-state index is -1.11. The van der Waals surface area contributed by atoms with Crippen LogP contribution in [0.3, 0.4) is 0 Å². The molecule has 0 atom stereocenters. The van der Waals surface area contributed by atoms with Crippen molar-refractivity contribution in [1.29, 1.82) is 0 Å². The Morgan fingerprint density at radius 3 is 2.67 bits per heavy atom. The van der Waals surface area contributed by atoms with E-state index in [1.807, 2.05) is 6.92 Å². The number of carbonyl (C=O) groups excluding carboxylic acids is 1. The zero-order chi connectivity index (χ0) is 13.8. The number of nitrogens with one attached hydrogen (secondary N) is 2. The van der Waals surface area contributed by atoms with Crippen molar-refractivity contribution < 1.29 is 14.7 Å². The Bertz CT molecular complexity index is 458. The lowest BCUT2D eigenvalue weighted by atomic mass is 10.1. The monoisotopic (exact) mass is 251 g/mol. The molecule has 6 nitrogen and oxygen atoms in total. The van der Waals surface area contributed by atoms with Crippen LogP contribution in [0.1, 0.15) is 31.3 Å². The molecule has 0 spiro atoms. The molecule has 0 aromatic carbocycles. The fourth-order valence-corrected chi connectivity index (χ4v) is 1.30. The van der Waals surface area contributed by atoms with Crippen molar-refractivity contribution in [3.63, 3.8) is 0 Å². The van der Waals surface area contributed by atoms with E-state index >= 15 is 0 Å². The van der Waals surface area contributed by atoms with Crippen molar-refractivity contribution in [2.45, 2.75) is 26.3 Å². The molecule has 1 aromatic rings. The van der Waals surface area contributed by atoms with E-state index in [9.17, 15) is 9.59 Å². The zero-order valence-corrected chi connectivity index (χ0v) is 10.7. The normalized spacial score (nSPS) is 10.8. The highest BCUT2D eigenvalue weighted by molar-refractivity contribution is 5.93. The van der Waals surface area contributed by atoms with Crippen molar-refractivity contribution in [3.8, 4) is 0 Å². The van der Waals surface area contributed by atoms with Gasteiger partial charge in [-0.05, 0) is 32.9 Å². The van der Waals surface area contributed by atoms with E-state index in [1.165, 1.54) is 12.3 Å². The van der Waals surface area contributed by atoms with E-state index in [0.717, 1.165) is 0 Å². The van der Waals surface area contributed by atoms with Crippen LogP contribution in [0.15, 0.2) is 18.3 Å². The predicted octanol–water partition coefficient (Wildman–Crippen LogP) is 1.11. The minimum Gasteiger partial charge on any atom is -0.480 e. The van der Waals surface area contributed by atoms with Crippen molar-refractivity contribution in [3.05, 3.63) is 24.0 Å². The summed E-state index contributed by atoms with van der Waals surface area (Å²) < 4.78 is 0. The van der Waals surface area contributed by atoms with E-state index in [-0.39, 0.29) is 11.6 Å².